The van der Waals surface area contributed by atoms with Crippen molar-refractivity contribution >= 4 is 23.6 Å². The molecule has 0 radical (unpaired) electrons. The summed E-state index contributed by atoms with van der Waals surface area (Å²) in [6.45, 7) is 0.797. The maximum Gasteiger partial charge on any atom is 0.231 e. The van der Waals surface area contributed by atoms with Crippen LogP contribution in [0.5, 0.6) is 0 Å². The van der Waals surface area contributed by atoms with Gasteiger partial charge < -0.3 is 14.4 Å². The number of fused-ring (bicyclic) bond motifs is 1. The molecule has 0 unspecified atom stereocenters. The minimum Gasteiger partial charge on any atom is -0.543 e. The molecule has 0 aromatic heterocycles. The molecule has 0 spiro atoms. The second-order valence-electron chi connectivity index (χ2n) is 5.77. The Morgan fingerprint density at radius 2 is 2.21 bits per heavy atom. The van der Waals surface area contributed by atoms with Crippen molar-refractivity contribution in [1.82, 2.24) is 4.90 Å². The van der Waals surface area contributed by atoms with E-state index >= 15 is 0 Å². The first-order valence-corrected chi connectivity index (χ1v) is 7.19. The average Bonchev–Trinajstić information content (AvgIpc) is 2.26. The Balaban J connectivity index is 2.22. The van der Waals surface area contributed by atoms with E-state index in [2.05, 4.69) is 21.1 Å². The molecule has 19 heavy (non-hydrogen) atoms. The zero-order valence-electron chi connectivity index (χ0n) is 11.4. The van der Waals surface area contributed by atoms with Crippen LogP contribution in [0.3, 0.4) is 0 Å². The molecule has 1 saturated heterocycles. The number of quaternary nitrogens is 1. The first-order chi connectivity index (χ1) is 8.79. The Hall–Kier alpha value is -1.27. The van der Waals surface area contributed by atoms with Gasteiger partial charge in [-0.25, -0.2) is 0 Å². The van der Waals surface area contributed by atoms with Gasteiger partial charge in [-0.3, -0.25) is 9.69 Å². The van der Waals surface area contributed by atoms with Crippen molar-refractivity contribution < 1.29 is 19.2 Å². The highest BCUT2D eigenvalue weighted by Crippen LogP contribution is 2.39. The van der Waals surface area contributed by atoms with E-state index in [-0.39, 0.29) is 17.0 Å². The summed E-state index contributed by atoms with van der Waals surface area (Å²) in [5, 5.41) is 11.2. The minimum atomic E-state index is -1.26. The van der Waals surface area contributed by atoms with Crippen LogP contribution < -0.4 is 5.11 Å². The van der Waals surface area contributed by atoms with E-state index in [9.17, 15) is 14.7 Å². The topological polar surface area (TPSA) is 60.4 Å². The molecule has 2 heterocycles. The standard InChI is InChI=1S/C13H18N2O3S/c1-15(2,3)6-4-5-9-8-19-11-7-10(16)14(11)12(9)13(17)18/h4-5,11H,6-8H2,1-3H3/t11-/m1/s1. The van der Waals surface area contributed by atoms with Crippen molar-refractivity contribution in [2.24, 2.45) is 0 Å². The van der Waals surface area contributed by atoms with E-state index in [1.165, 1.54) is 4.90 Å². The number of amides is 1. The third-order valence-corrected chi connectivity index (χ3v) is 4.29. The monoisotopic (exact) mass is 282 g/mol. The number of nitrogens with zero attached hydrogens (tertiary/aromatic N) is 2. The molecule has 0 bridgehead atoms. The van der Waals surface area contributed by atoms with Gasteiger partial charge in [-0.15, -0.1) is 11.8 Å². The van der Waals surface area contributed by atoms with Crippen LogP contribution in [-0.2, 0) is 9.59 Å². The van der Waals surface area contributed by atoms with E-state index in [4.69, 9.17) is 0 Å². The normalized spacial score (nSPS) is 23.6. The molecule has 104 valence electrons. The lowest BCUT2D eigenvalue weighted by atomic mass is 10.1. The summed E-state index contributed by atoms with van der Waals surface area (Å²) >= 11 is 1.60. The number of carboxylic acids is 1. The smallest absolute Gasteiger partial charge is 0.231 e. The largest absolute Gasteiger partial charge is 0.543 e. The van der Waals surface area contributed by atoms with Crippen molar-refractivity contribution in [3.05, 3.63) is 23.4 Å². The van der Waals surface area contributed by atoms with Crippen molar-refractivity contribution in [2.45, 2.75) is 11.8 Å². The summed E-state index contributed by atoms with van der Waals surface area (Å²) in [4.78, 5) is 24.1. The molecular formula is C13H18N2O3S. The van der Waals surface area contributed by atoms with E-state index < -0.39 is 5.97 Å². The molecule has 0 aromatic rings. The van der Waals surface area contributed by atoms with Gasteiger partial charge in [0.05, 0.1) is 51.1 Å². The number of aliphatic carboxylic acids is 1. The average molecular weight is 282 g/mol. The van der Waals surface area contributed by atoms with Crippen LogP contribution in [0.15, 0.2) is 23.4 Å². The molecule has 1 amide bonds. The predicted octanol–water partition coefficient (Wildman–Crippen LogP) is -0.442. The summed E-state index contributed by atoms with van der Waals surface area (Å²) in [5.41, 5.74) is 0.723. The Labute approximate surface area is 117 Å². The molecule has 0 N–H and O–H groups in total. The van der Waals surface area contributed by atoms with Crippen LogP contribution in [0.4, 0.5) is 0 Å². The van der Waals surface area contributed by atoms with E-state index in [1.54, 1.807) is 11.8 Å². The highest BCUT2D eigenvalue weighted by Gasteiger charge is 2.42. The molecule has 1 fully saturated rings. The first kappa shape index (κ1) is 14.1. The summed E-state index contributed by atoms with van der Waals surface area (Å²) in [6.07, 6.45) is 4.18. The summed E-state index contributed by atoms with van der Waals surface area (Å²) < 4.78 is 0.767. The van der Waals surface area contributed by atoms with Crippen LogP contribution in [0.1, 0.15) is 6.42 Å². The fourth-order valence-corrected chi connectivity index (χ4v) is 3.30. The van der Waals surface area contributed by atoms with E-state index in [0.717, 1.165) is 11.0 Å². The van der Waals surface area contributed by atoms with Gasteiger partial charge in [-0.05, 0) is 11.6 Å². The Bertz CT molecular complexity index is 477. The maximum atomic E-state index is 11.5. The molecule has 6 heteroatoms. The number of β-lactam (4-membered cyclic amide) rings is 1. The van der Waals surface area contributed by atoms with Crippen LogP contribution in [0, 0.1) is 0 Å². The van der Waals surface area contributed by atoms with Gasteiger partial charge in [-0.1, -0.05) is 6.08 Å². The first-order valence-electron chi connectivity index (χ1n) is 6.15. The summed E-state index contributed by atoms with van der Waals surface area (Å²) in [5.74, 6) is -0.775. The van der Waals surface area contributed by atoms with E-state index in [0.29, 0.717) is 17.7 Å². The number of thioether (sulfide) groups is 1. The Kier molecular flexibility index (Phi) is 3.73. The van der Waals surface area contributed by atoms with Crippen LogP contribution in [0.25, 0.3) is 0 Å². The molecule has 2 aliphatic rings. The van der Waals surface area contributed by atoms with Gasteiger partial charge in [0.25, 0.3) is 0 Å². The number of allylic oxidation sites excluding steroid dienone is 1. The third-order valence-electron chi connectivity index (χ3n) is 3.05. The minimum absolute atomic E-state index is 0.0176. The fraction of sp³-hybridized carbons (Fsp3) is 0.538. The van der Waals surface area contributed by atoms with Gasteiger partial charge in [0.1, 0.15) is 0 Å². The number of rotatable bonds is 4. The molecule has 0 aromatic carbocycles. The highest BCUT2D eigenvalue weighted by atomic mass is 32.2. The Morgan fingerprint density at radius 3 is 2.74 bits per heavy atom. The number of carboxylic acid groups (broad SMARTS) is 1. The third kappa shape index (κ3) is 3.01. The second kappa shape index (κ2) is 5.02. The number of hydrogen-bond acceptors (Lipinski definition) is 4. The van der Waals surface area contributed by atoms with Crippen molar-refractivity contribution in [3.8, 4) is 0 Å². The van der Waals surface area contributed by atoms with Gasteiger partial charge in [0, 0.05) is 5.75 Å². The van der Waals surface area contributed by atoms with Gasteiger partial charge in [0.15, 0.2) is 0 Å². The molecule has 2 rings (SSSR count). The molecule has 2 aliphatic heterocycles. The van der Waals surface area contributed by atoms with Crippen molar-refractivity contribution in [3.63, 3.8) is 0 Å². The quantitative estimate of drug-likeness (QED) is 0.518. The maximum absolute atomic E-state index is 11.5. The van der Waals surface area contributed by atoms with Crippen LogP contribution in [0.2, 0.25) is 0 Å². The molecular weight excluding hydrogens is 264 g/mol. The summed E-state index contributed by atoms with van der Waals surface area (Å²) in [6, 6.07) is 0. The van der Waals surface area contributed by atoms with Crippen LogP contribution in [-0.4, -0.2) is 60.1 Å². The van der Waals surface area contributed by atoms with Gasteiger partial charge in [0.2, 0.25) is 5.91 Å². The van der Waals surface area contributed by atoms with Gasteiger partial charge in [-0.2, -0.15) is 0 Å². The number of carbonyl (C=O) groups is 2. The van der Waals surface area contributed by atoms with Crippen molar-refractivity contribution in [1.29, 1.82) is 0 Å². The number of likely N-dealkylation sites (N-methyl/N-ethyl adjacent to an activating group) is 1. The number of carbonyl (C=O) groups excluding carboxylic acids is 2. The molecule has 0 saturated carbocycles. The Morgan fingerprint density at radius 1 is 1.53 bits per heavy atom. The fourth-order valence-electron chi connectivity index (χ4n) is 2.07. The zero-order valence-corrected chi connectivity index (χ0v) is 12.2. The SMILES string of the molecule is C[N+](C)(C)CC=CC1=C(C(=O)[O-])N2C(=O)C[C@H]2SC1. The van der Waals surface area contributed by atoms with Gasteiger partial charge >= 0.3 is 0 Å². The molecule has 0 aliphatic carbocycles. The number of hydrogen-bond donors (Lipinski definition) is 0. The lowest BCUT2D eigenvalue weighted by Crippen LogP contribution is -2.55. The lowest BCUT2D eigenvalue weighted by molar-refractivity contribution is -0.864. The lowest BCUT2D eigenvalue weighted by Gasteiger charge is -2.45. The van der Waals surface area contributed by atoms with E-state index in [1.807, 2.05) is 12.2 Å². The second-order valence-corrected chi connectivity index (χ2v) is 6.94. The molecule has 1 atom stereocenters. The van der Waals surface area contributed by atoms with Crippen molar-refractivity contribution in [2.75, 3.05) is 33.4 Å². The zero-order chi connectivity index (χ0) is 14.2. The predicted molar refractivity (Wildman–Crippen MR) is 71.8 cm³/mol. The van der Waals surface area contributed by atoms with Crippen LogP contribution >= 0.6 is 11.8 Å². The molecule has 5 nitrogen and oxygen atoms in total. The highest BCUT2D eigenvalue weighted by molar-refractivity contribution is 8.00. The summed E-state index contributed by atoms with van der Waals surface area (Å²) in [7, 11) is 6.18.